The molecule has 0 aromatic carbocycles. The quantitative estimate of drug-likeness (QED) is 0.0222. The number of hydrogen-bond acceptors (Lipinski definition) is 15. The maximum Gasteiger partial charge on any atom is 0.472 e. The lowest BCUT2D eigenvalue weighted by Crippen LogP contribution is -2.30. The van der Waals surface area contributed by atoms with Crippen molar-refractivity contribution in [2.45, 2.75) is 458 Å². The van der Waals surface area contributed by atoms with Gasteiger partial charge in [-0.2, -0.15) is 0 Å². The summed E-state index contributed by atoms with van der Waals surface area (Å²) in [5, 5.41) is 10.6. The van der Waals surface area contributed by atoms with Crippen molar-refractivity contribution in [3.8, 4) is 0 Å². The van der Waals surface area contributed by atoms with Gasteiger partial charge in [-0.1, -0.05) is 388 Å². The molecule has 0 saturated carbocycles. The fraction of sp³-hybridized carbons (Fsp3) is 0.952. The van der Waals surface area contributed by atoms with Gasteiger partial charge in [0.2, 0.25) is 0 Å². The van der Waals surface area contributed by atoms with Crippen molar-refractivity contribution in [3.63, 3.8) is 0 Å². The first-order valence-electron chi connectivity index (χ1n) is 43.0. The summed E-state index contributed by atoms with van der Waals surface area (Å²) in [6.07, 6.45) is 65.5. The van der Waals surface area contributed by atoms with Crippen LogP contribution in [-0.4, -0.2) is 96.7 Å². The minimum absolute atomic E-state index is 0.107. The summed E-state index contributed by atoms with van der Waals surface area (Å²) in [5.41, 5.74) is 0. The molecule has 17 nitrogen and oxygen atoms in total. The molecule has 0 bridgehead atoms. The second-order valence-corrected chi connectivity index (χ2v) is 33.7. The molecule has 2 unspecified atom stereocenters. The number of carbonyl (C=O) groups excluding carboxylic acids is 4. The molecule has 0 aromatic heterocycles. The van der Waals surface area contributed by atoms with Crippen LogP contribution < -0.4 is 0 Å². The Bertz CT molecular complexity index is 1960. The number of aliphatic hydroxyl groups is 1. The number of unbranched alkanes of at least 4 members (excludes halogenated alkanes) is 52. The summed E-state index contributed by atoms with van der Waals surface area (Å²) in [6.45, 7) is 9.64. The minimum Gasteiger partial charge on any atom is -0.462 e. The van der Waals surface area contributed by atoms with Crippen molar-refractivity contribution < 1.29 is 80.2 Å². The maximum atomic E-state index is 13.1. The van der Waals surface area contributed by atoms with E-state index in [4.69, 9.17) is 37.0 Å². The molecule has 0 fully saturated rings. The normalized spacial score (nSPS) is 13.9. The molecule has 0 saturated heterocycles. The van der Waals surface area contributed by atoms with E-state index in [9.17, 15) is 43.2 Å². The maximum absolute atomic E-state index is 13.1. The molecular weight excluding hydrogens is 1330 g/mol. The predicted octanol–water partition coefficient (Wildman–Crippen LogP) is 25.1. The van der Waals surface area contributed by atoms with Gasteiger partial charge >= 0.3 is 39.5 Å². The summed E-state index contributed by atoms with van der Waals surface area (Å²) < 4.78 is 68.7. The first kappa shape index (κ1) is 100. The average Bonchev–Trinajstić information content (AvgIpc) is 0.947. The van der Waals surface area contributed by atoms with Gasteiger partial charge in [0.25, 0.3) is 0 Å². The van der Waals surface area contributed by atoms with Crippen LogP contribution in [0.5, 0.6) is 0 Å². The van der Waals surface area contributed by atoms with E-state index in [1.165, 1.54) is 244 Å². The molecule has 3 N–H and O–H groups in total. The van der Waals surface area contributed by atoms with Crippen LogP contribution in [0.2, 0.25) is 0 Å². The van der Waals surface area contributed by atoms with E-state index < -0.39 is 97.5 Å². The highest BCUT2D eigenvalue weighted by atomic mass is 31.2. The number of hydrogen-bond donors (Lipinski definition) is 3. The third-order valence-electron chi connectivity index (χ3n) is 19.5. The molecule has 0 amide bonds. The molecule has 0 heterocycles. The molecule has 0 aromatic rings. The van der Waals surface area contributed by atoms with Crippen molar-refractivity contribution in [3.05, 3.63) is 0 Å². The highest BCUT2D eigenvalue weighted by molar-refractivity contribution is 7.47. The third-order valence-corrected chi connectivity index (χ3v) is 21.4. The van der Waals surface area contributed by atoms with Crippen molar-refractivity contribution in [2.24, 2.45) is 11.8 Å². The van der Waals surface area contributed by atoms with Crippen LogP contribution in [0.1, 0.15) is 440 Å². The van der Waals surface area contributed by atoms with Gasteiger partial charge in [0.05, 0.1) is 26.4 Å². The van der Waals surface area contributed by atoms with E-state index in [2.05, 4.69) is 41.5 Å². The highest BCUT2D eigenvalue weighted by Crippen LogP contribution is 2.45. The summed E-state index contributed by atoms with van der Waals surface area (Å²) >= 11 is 0. The molecule has 606 valence electrons. The highest BCUT2D eigenvalue weighted by Gasteiger charge is 2.30. The SMILES string of the molecule is CCCCCCCCCCCCCCCCCCCCCCCC(=O)O[C@H](COC(=O)CCCCCCCCCCCCCCCCCCC(C)C)COP(=O)(O)OC[C@@H](O)COP(=O)(O)OC[C@@H](COC(=O)CCCCCCCCC)OC(=O)CCCCCCCCCCCCCCC(C)C. The molecule has 19 heteroatoms. The van der Waals surface area contributed by atoms with E-state index in [1.54, 1.807) is 0 Å². The average molecular weight is 1490 g/mol. The Morgan fingerprint density at radius 3 is 0.667 bits per heavy atom. The minimum atomic E-state index is -4.96. The summed E-state index contributed by atoms with van der Waals surface area (Å²) in [5.74, 6) is -0.522. The molecule has 0 aliphatic heterocycles. The van der Waals surface area contributed by atoms with Crippen molar-refractivity contribution in [2.75, 3.05) is 39.6 Å². The van der Waals surface area contributed by atoms with E-state index in [-0.39, 0.29) is 25.7 Å². The third kappa shape index (κ3) is 76.3. The van der Waals surface area contributed by atoms with Gasteiger partial charge in [0.1, 0.15) is 19.3 Å². The molecular formula is C83H162O17P2. The Kier molecular flexibility index (Phi) is 73.1. The fourth-order valence-electron chi connectivity index (χ4n) is 12.9. The lowest BCUT2D eigenvalue weighted by molar-refractivity contribution is -0.161. The molecule has 0 radical (unpaired) electrons. The smallest absolute Gasteiger partial charge is 0.462 e. The van der Waals surface area contributed by atoms with E-state index in [0.717, 1.165) is 115 Å². The molecule has 0 rings (SSSR count). The molecule has 0 spiro atoms. The summed E-state index contributed by atoms with van der Waals surface area (Å²) in [6, 6.07) is 0. The number of ether oxygens (including phenoxy) is 4. The number of phosphoric ester groups is 2. The standard InChI is InChI=1S/C83H162O17P2/c1-7-9-11-13-15-16-17-18-19-20-21-22-23-24-29-32-38-43-49-55-61-67-83(88)100-79(72-94-81(86)66-60-54-48-42-37-31-28-26-25-27-30-35-40-46-51-57-63-75(3)4)74-98-102(91,92)96-70-77(84)69-95-101(89,90)97-73-78(71-93-80(85)65-59-53-45-14-12-10-8-2)99-82(87)68-62-56-50-44-39-34-33-36-41-47-52-58-64-76(5)6/h75-79,84H,7-74H2,1-6H3,(H,89,90)(H,91,92)/t77-,78+,79+/m0/s1. The van der Waals surface area contributed by atoms with E-state index in [0.29, 0.717) is 25.7 Å². The number of esters is 4. The van der Waals surface area contributed by atoms with Gasteiger partial charge in [0, 0.05) is 25.7 Å². The van der Waals surface area contributed by atoms with E-state index in [1.807, 2.05) is 0 Å². The van der Waals surface area contributed by atoms with Crippen LogP contribution in [0, 0.1) is 11.8 Å². The lowest BCUT2D eigenvalue weighted by Gasteiger charge is -2.21. The van der Waals surface area contributed by atoms with Crippen LogP contribution in [-0.2, 0) is 65.4 Å². The Morgan fingerprint density at radius 2 is 0.451 bits per heavy atom. The Morgan fingerprint density at radius 1 is 0.265 bits per heavy atom. The number of phosphoric acid groups is 2. The Balaban J connectivity index is 5.17. The second kappa shape index (κ2) is 74.5. The van der Waals surface area contributed by atoms with Gasteiger partial charge in [-0.25, -0.2) is 9.13 Å². The first-order valence-corrected chi connectivity index (χ1v) is 46.0. The van der Waals surface area contributed by atoms with Gasteiger partial charge in [0.15, 0.2) is 12.2 Å². The summed E-state index contributed by atoms with van der Waals surface area (Å²) in [4.78, 5) is 72.9. The van der Waals surface area contributed by atoms with Gasteiger partial charge in [-0.05, 0) is 37.5 Å². The fourth-order valence-corrected chi connectivity index (χ4v) is 14.5. The predicted molar refractivity (Wildman–Crippen MR) is 418 cm³/mol. The topological polar surface area (TPSA) is 237 Å². The zero-order valence-electron chi connectivity index (χ0n) is 66.9. The zero-order chi connectivity index (χ0) is 74.9. The van der Waals surface area contributed by atoms with Crippen molar-refractivity contribution >= 4 is 39.5 Å². The van der Waals surface area contributed by atoms with Gasteiger partial charge in [-0.15, -0.1) is 0 Å². The van der Waals surface area contributed by atoms with Crippen molar-refractivity contribution in [1.82, 2.24) is 0 Å². The monoisotopic (exact) mass is 1490 g/mol. The molecule has 102 heavy (non-hydrogen) atoms. The largest absolute Gasteiger partial charge is 0.472 e. The van der Waals surface area contributed by atoms with E-state index >= 15 is 0 Å². The van der Waals surface area contributed by atoms with Crippen LogP contribution in [0.4, 0.5) is 0 Å². The van der Waals surface area contributed by atoms with Crippen molar-refractivity contribution in [1.29, 1.82) is 0 Å². The second-order valence-electron chi connectivity index (χ2n) is 30.8. The lowest BCUT2D eigenvalue weighted by atomic mass is 10.0. The first-order chi connectivity index (χ1) is 49.4. The molecule has 0 aliphatic carbocycles. The Labute approximate surface area is 626 Å². The van der Waals surface area contributed by atoms with Crippen LogP contribution in [0.15, 0.2) is 0 Å². The van der Waals surface area contributed by atoms with Gasteiger partial charge < -0.3 is 33.8 Å². The number of rotatable bonds is 82. The zero-order valence-corrected chi connectivity index (χ0v) is 68.7. The van der Waals surface area contributed by atoms with Gasteiger partial charge in [-0.3, -0.25) is 37.3 Å². The van der Waals surface area contributed by atoms with Crippen LogP contribution in [0.25, 0.3) is 0 Å². The number of carbonyl (C=O) groups is 4. The Hall–Kier alpha value is -1.94. The molecule has 0 aliphatic rings. The molecule has 5 atom stereocenters. The van der Waals surface area contributed by atoms with Crippen LogP contribution in [0.3, 0.4) is 0 Å². The number of aliphatic hydroxyl groups excluding tert-OH is 1. The van der Waals surface area contributed by atoms with Crippen LogP contribution >= 0.6 is 15.6 Å². The summed E-state index contributed by atoms with van der Waals surface area (Å²) in [7, 11) is -9.92.